The molecule has 1 aliphatic heterocycles. The molecule has 0 bridgehead atoms. The van der Waals surface area contributed by atoms with E-state index < -0.39 is 0 Å². The molecule has 1 rings (SSSR count). The molecule has 1 heterocycles. The van der Waals surface area contributed by atoms with Gasteiger partial charge < -0.3 is 10.1 Å². The van der Waals surface area contributed by atoms with Crippen LogP contribution in [-0.2, 0) is 4.74 Å². The molecule has 16 heavy (non-hydrogen) atoms. The summed E-state index contributed by atoms with van der Waals surface area (Å²) in [5.74, 6) is 0.703. The number of nitrogens with zero attached hydrogens (tertiary/aromatic N) is 1. The maximum absolute atomic E-state index is 5.49. The van der Waals surface area contributed by atoms with Gasteiger partial charge in [-0.3, -0.25) is 4.90 Å². The molecule has 1 N–H and O–H groups in total. The van der Waals surface area contributed by atoms with Crippen molar-refractivity contribution >= 4 is 0 Å². The smallest absolute Gasteiger partial charge is 0.0698 e. The molecule has 0 radical (unpaired) electrons. The zero-order valence-electron chi connectivity index (χ0n) is 11.3. The van der Waals surface area contributed by atoms with Crippen molar-refractivity contribution in [1.82, 2.24) is 10.2 Å². The second kappa shape index (κ2) is 7.25. The molecule has 1 aliphatic rings. The van der Waals surface area contributed by atoms with Gasteiger partial charge in [-0.25, -0.2) is 0 Å². The van der Waals surface area contributed by atoms with Gasteiger partial charge in [0.15, 0.2) is 0 Å². The summed E-state index contributed by atoms with van der Waals surface area (Å²) in [5.41, 5.74) is 0. The summed E-state index contributed by atoms with van der Waals surface area (Å²) in [4.78, 5) is 2.60. The molecule has 0 aliphatic carbocycles. The summed E-state index contributed by atoms with van der Waals surface area (Å²) in [7, 11) is 1.84. The number of ether oxygens (including phenoxy) is 1. The number of piperidine rings is 1. The van der Waals surface area contributed by atoms with Gasteiger partial charge in [0.2, 0.25) is 0 Å². The molecule has 0 saturated carbocycles. The Kier molecular flexibility index (Phi) is 6.32. The van der Waals surface area contributed by atoms with Crippen LogP contribution in [0.25, 0.3) is 0 Å². The zero-order chi connectivity index (χ0) is 12.0. The van der Waals surface area contributed by atoms with Gasteiger partial charge in [0.05, 0.1) is 6.10 Å². The Bertz CT molecular complexity index is 185. The number of rotatable bonds is 6. The summed E-state index contributed by atoms with van der Waals surface area (Å²) in [6.07, 6.45) is 2.93. The highest BCUT2D eigenvalue weighted by Gasteiger charge is 2.27. The van der Waals surface area contributed by atoms with Crippen LogP contribution >= 0.6 is 0 Å². The molecule has 96 valence electrons. The van der Waals surface area contributed by atoms with Crippen LogP contribution in [0.15, 0.2) is 0 Å². The summed E-state index contributed by atoms with van der Waals surface area (Å²) in [6, 6.07) is 0.651. The fourth-order valence-corrected chi connectivity index (χ4v) is 2.54. The Balaban J connectivity index is 2.48. The molecular formula is C13H28N2O. The Labute approximate surface area is 101 Å². The quantitative estimate of drug-likeness (QED) is 0.749. The van der Waals surface area contributed by atoms with Gasteiger partial charge in [0, 0.05) is 26.2 Å². The number of nitrogens with one attached hydrogen (secondary N) is 1. The average molecular weight is 228 g/mol. The SMILES string of the molecule is CCNCC(C(C)C)N1CCCC(OC)C1. The van der Waals surface area contributed by atoms with E-state index in [9.17, 15) is 0 Å². The van der Waals surface area contributed by atoms with Gasteiger partial charge in [-0.1, -0.05) is 20.8 Å². The molecule has 1 saturated heterocycles. The number of methoxy groups -OCH3 is 1. The molecule has 2 unspecified atom stereocenters. The number of likely N-dealkylation sites (N-methyl/N-ethyl adjacent to an activating group) is 1. The van der Waals surface area contributed by atoms with Crippen LogP contribution in [0.5, 0.6) is 0 Å². The molecule has 0 aromatic heterocycles. The second-order valence-electron chi connectivity index (χ2n) is 5.11. The minimum Gasteiger partial charge on any atom is -0.380 e. The van der Waals surface area contributed by atoms with Crippen molar-refractivity contribution < 1.29 is 4.74 Å². The highest BCUT2D eigenvalue weighted by Crippen LogP contribution is 2.18. The Morgan fingerprint density at radius 1 is 1.44 bits per heavy atom. The monoisotopic (exact) mass is 228 g/mol. The molecule has 0 spiro atoms. The third-order valence-corrected chi connectivity index (χ3v) is 3.58. The number of likely N-dealkylation sites (tertiary alicyclic amines) is 1. The molecule has 3 nitrogen and oxygen atoms in total. The van der Waals surface area contributed by atoms with E-state index in [0.717, 1.165) is 19.6 Å². The summed E-state index contributed by atoms with van der Waals surface area (Å²) >= 11 is 0. The Hall–Kier alpha value is -0.120. The lowest BCUT2D eigenvalue weighted by Crippen LogP contribution is -2.51. The van der Waals surface area contributed by atoms with Gasteiger partial charge in [0.25, 0.3) is 0 Å². The number of hydrogen-bond donors (Lipinski definition) is 1. The van der Waals surface area contributed by atoms with Gasteiger partial charge in [0.1, 0.15) is 0 Å². The van der Waals surface area contributed by atoms with Crippen molar-refractivity contribution in [2.24, 2.45) is 5.92 Å². The predicted molar refractivity (Wildman–Crippen MR) is 68.8 cm³/mol. The van der Waals surface area contributed by atoms with Crippen molar-refractivity contribution in [3.8, 4) is 0 Å². The first-order valence-electron chi connectivity index (χ1n) is 6.66. The van der Waals surface area contributed by atoms with Crippen molar-refractivity contribution in [2.75, 3.05) is 33.3 Å². The summed E-state index contributed by atoms with van der Waals surface area (Å²) in [5, 5.41) is 3.48. The molecule has 3 heteroatoms. The first-order chi connectivity index (χ1) is 7.69. The lowest BCUT2D eigenvalue weighted by atomic mass is 9.98. The minimum absolute atomic E-state index is 0.441. The molecule has 1 fully saturated rings. The van der Waals surface area contributed by atoms with Gasteiger partial charge in [-0.2, -0.15) is 0 Å². The van der Waals surface area contributed by atoms with E-state index in [1.165, 1.54) is 19.4 Å². The molecule has 2 atom stereocenters. The molecule has 0 aromatic rings. The Morgan fingerprint density at radius 2 is 2.19 bits per heavy atom. The van der Waals surface area contributed by atoms with Gasteiger partial charge in [-0.15, -0.1) is 0 Å². The first-order valence-corrected chi connectivity index (χ1v) is 6.66. The normalized spacial score (nSPS) is 24.9. The van der Waals surface area contributed by atoms with Gasteiger partial charge in [-0.05, 0) is 31.8 Å². The van der Waals surface area contributed by atoms with E-state index in [0.29, 0.717) is 18.1 Å². The van der Waals surface area contributed by atoms with Crippen molar-refractivity contribution in [1.29, 1.82) is 0 Å². The van der Waals surface area contributed by atoms with Crippen LogP contribution in [0.1, 0.15) is 33.6 Å². The van der Waals surface area contributed by atoms with Crippen LogP contribution in [-0.4, -0.2) is 50.3 Å². The Morgan fingerprint density at radius 3 is 2.75 bits per heavy atom. The topological polar surface area (TPSA) is 24.5 Å². The van der Waals surface area contributed by atoms with Crippen molar-refractivity contribution in [3.63, 3.8) is 0 Å². The van der Waals surface area contributed by atoms with Gasteiger partial charge >= 0.3 is 0 Å². The van der Waals surface area contributed by atoms with Crippen LogP contribution in [0.3, 0.4) is 0 Å². The van der Waals surface area contributed by atoms with Crippen molar-refractivity contribution in [2.45, 2.75) is 45.8 Å². The highest BCUT2D eigenvalue weighted by atomic mass is 16.5. The fourth-order valence-electron chi connectivity index (χ4n) is 2.54. The van der Waals surface area contributed by atoms with Crippen LogP contribution in [0, 0.1) is 5.92 Å². The maximum atomic E-state index is 5.49. The largest absolute Gasteiger partial charge is 0.380 e. The molecular weight excluding hydrogens is 200 g/mol. The summed E-state index contributed by atoms with van der Waals surface area (Å²) in [6.45, 7) is 11.3. The third kappa shape index (κ3) is 4.04. The van der Waals surface area contributed by atoms with Crippen LogP contribution < -0.4 is 5.32 Å². The standard InChI is InChI=1S/C13H28N2O/c1-5-14-9-13(11(2)3)15-8-6-7-12(10-15)16-4/h11-14H,5-10H2,1-4H3. The predicted octanol–water partition coefficient (Wildman–Crippen LogP) is 1.73. The van der Waals surface area contributed by atoms with E-state index in [1.54, 1.807) is 0 Å². The van der Waals surface area contributed by atoms with E-state index in [2.05, 4.69) is 31.0 Å². The van der Waals surface area contributed by atoms with E-state index in [4.69, 9.17) is 4.74 Å². The molecule has 0 amide bonds. The lowest BCUT2D eigenvalue weighted by Gasteiger charge is -2.39. The lowest BCUT2D eigenvalue weighted by molar-refractivity contribution is 0.00612. The maximum Gasteiger partial charge on any atom is 0.0698 e. The minimum atomic E-state index is 0.441. The summed E-state index contributed by atoms with van der Waals surface area (Å²) < 4.78 is 5.49. The van der Waals surface area contributed by atoms with E-state index >= 15 is 0 Å². The van der Waals surface area contributed by atoms with Crippen molar-refractivity contribution in [3.05, 3.63) is 0 Å². The van der Waals surface area contributed by atoms with E-state index in [1.807, 2.05) is 7.11 Å². The second-order valence-corrected chi connectivity index (χ2v) is 5.11. The zero-order valence-corrected chi connectivity index (χ0v) is 11.3. The third-order valence-electron chi connectivity index (χ3n) is 3.58. The fraction of sp³-hybridized carbons (Fsp3) is 1.00. The first kappa shape index (κ1) is 13.9. The van der Waals surface area contributed by atoms with Crippen LogP contribution in [0.4, 0.5) is 0 Å². The average Bonchev–Trinajstić information content (AvgIpc) is 2.29. The highest BCUT2D eigenvalue weighted by molar-refractivity contribution is 4.82. The van der Waals surface area contributed by atoms with Crippen LogP contribution in [0.2, 0.25) is 0 Å². The van der Waals surface area contributed by atoms with E-state index in [-0.39, 0.29) is 0 Å². The number of hydrogen-bond acceptors (Lipinski definition) is 3. The molecule has 0 aromatic carbocycles.